The summed E-state index contributed by atoms with van der Waals surface area (Å²) in [4.78, 5) is 41.5. The summed E-state index contributed by atoms with van der Waals surface area (Å²) in [5, 5.41) is 15.3. The Balaban J connectivity index is 0.000000356. The molecule has 9 heteroatoms. The minimum atomic E-state index is -1.07. The zero-order chi connectivity index (χ0) is 15.0. The normalized spacial score (nSPS) is 17.0. The molecule has 19 heavy (non-hydrogen) atoms. The van der Waals surface area contributed by atoms with Gasteiger partial charge in [0.25, 0.3) is 0 Å². The summed E-state index contributed by atoms with van der Waals surface area (Å²) in [6.07, 6.45) is 0. The van der Waals surface area contributed by atoms with Crippen molar-refractivity contribution in [2.45, 2.75) is 25.9 Å². The molecule has 3 amide bonds. The third kappa shape index (κ3) is 6.99. The molecular weight excluding hydrogens is 256 g/mol. The van der Waals surface area contributed by atoms with Crippen molar-refractivity contribution in [2.75, 3.05) is 13.1 Å². The van der Waals surface area contributed by atoms with Gasteiger partial charge in [0.2, 0.25) is 5.91 Å². The highest BCUT2D eigenvalue weighted by molar-refractivity contribution is 6.35. The summed E-state index contributed by atoms with van der Waals surface area (Å²) in [7, 11) is 0. The fourth-order valence-corrected chi connectivity index (χ4v) is 0.919. The molecule has 1 heterocycles. The number of amides is 3. The topological polar surface area (TPSA) is 151 Å². The largest absolute Gasteiger partial charge is 0.480 e. The molecule has 9 nitrogen and oxygen atoms in total. The first-order valence-electron chi connectivity index (χ1n) is 5.60. The van der Waals surface area contributed by atoms with Crippen LogP contribution in [0.4, 0.5) is 0 Å². The Labute approximate surface area is 109 Å². The number of hydrogen-bond acceptors (Lipinski definition) is 5. The standard InChI is InChI=1S/C6H12N2O3.C4H6N2O2/c1-3(7)5(9)8-4(2)6(10)11;7-3-4(8)6-2-1-5-3/h3-4H,7H2,1-2H3,(H,8,9)(H,10,11);1-2H2,(H,5,7)(H,6,8)/t3-,4-;/m0./s1. The Kier molecular flexibility index (Phi) is 7.12. The van der Waals surface area contributed by atoms with Crippen LogP contribution in [0.15, 0.2) is 0 Å². The van der Waals surface area contributed by atoms with Crippen molar-refractivity contribution in [1.29, 1.82) is 0 Å². The average molecular weight is 274 g/mol. The molecule has 1 rings (SSSR count). The van der Waals surface area contributed by atoms with Gasteiger partial charge < -0.3 is 26.8 Å². The summed E-state index contributed by atoms with van der Waals surface area (Å²) in [5.41, 5.74) is 5.18. The van der Waals surface area contributed by atoms with Crippen LogP contribution in [0, 0.1) is 0 Å². The lowest BCUT2D eigenvalue weighted by atomic mass is 10.3. The van der Waals surface area contributed by atoms with Crippen molar-refractivity contribution in [3.8, 4) is 0 Å². The van der Waals surface area contributed by atoms with Crippen LogP contribution in [-0.4, -0.2) is 54.0 Å². The van der Waals surface area contributed by atoms with E-state index in [1.165, 1.54) is 13.8 Å². The second kappa shape index (κ2) is 8.03. The first-order valence-corrected chi connectivity index (χ1v) is 5.60. The summed E-state index contributed by atoms with van der Waals surface area (Å²) in [6, 6.07) is -1.55. The number of carbonyl (C=O) groups is 4. The first-order chi connectivity index (χ1) is 8.75. The Bertz CT molecular complexity index is 353. The summed E-state index contributed by atoms with van der Waals surface area (Å²) < 4.78 is 0. The highest BCUT2D eigenvalue weighted by Gasteiger charge is 2.16. The molecule has 0 spiro atoms. The van der Waals surface area contributed by atoms with E-state index in [0.29, 0.717) is 13.1 Å². The number of piperazine rings is 1. The molecule has 0 aromatic rings. The van der Waals surface area contributed by atoms with Gasteiger partial charge >= 0.3 is 17.8 Å². The van der Waals surface area contributed by atoms with E-state index in [1.54, 1.807) is 0 Å². The number of nitrogens with two attached hydrogens (primary N) is 1. The summed E-state index contributed by atoms with van der Waals surface area (Å²) in [5.74, 6) is -2.59. The molecule has 6 N–H and O–H groups in total. The number of rotatable bonds is 3. The van der Waals surface area contributed by atoms with Gasteiger partial charge in [0.1, 0.15) is 6.04 Å². The predicted octanol–water partition coefficient (Wildman–Crippen LogP) is -2.84. The van der Waals surface area contributed by atoms with Crippen molar-refractivity contribution >= 4 is 23.7 Å². The number of nitrogens with one attached hydrogen (secondary N) is 3. The van der Waals surface area contributed by atoms with Crippen LogP contribution in [0.5, 0.6) is 0 Å². The lowest BCUT2D eigenvalue weighted by molar-refractivity contribution is -0.141. The van der Waals surface area contributed by atoms with Crippen LogP contribution in [0.3, 0.4) is 0 Å². The number of carbonyl (C=O) groups excluding carboxylic acids is 3. The third-order valence-corrected chi connectivity index (χ3v) is 2.05. The Morgan fingerprint density at radius 3 is 1.89 bits per heavy atom. The molecule has 1 saturated heterocycles. The van der Waals surface area contributed by atoms with Crippen LogP contribution in [0.2, 0.25) is 0 Å². The maximum atomic E-state index is 10.8. The van der Waals surface area contributed by atoms with Gasteiger partial charge in [-0.15, -0.1) is 0 Å². The van der Waals surface area contributed by atoms with Crippen LogP contribution < -0.4 is 21.7 Å². The lowest BCUT2D eigenvalue weighted by Gasteiger charge is -2.10. The molecule has 0 bridgehead atoms. The van der Waals surface area contributed by atoms with Crippen molar-refractivity contribution in [3.05, 3.63) is 0 Å². The van der Waals surface area contributed by atoms with E-state index in [1.807, 2.05) is 0 Å². The van der Waals surface area contributed by atoms with Crippen LogP contribution in [-0.2, 0) is 19.2 Å². The SMILES string of the molecule is C[C@H](N)C(=O)N[C@@H](C)C(=O)O.O=C1NCCNC1=O. The van der Waals surface area contributed by atoms with Gasteiger partial charge in [-0.05, 0) is 13.8 Å². The van der Waals surface area contributed by atoms with Crippen LogP contribution >= 0.6 is 0 Å². The molecular formula is C10H18N4O5. The minimum absolute atomic E-state index is 0.458. The van der Waals surface area contributed by atoms with E-state index in [4.69, 9.17) is 10.8 Å². The van der Waals surface area contributed by atoms with Gasteiger partial charge in [-0.25, -0.2) is 0 Å². The second-order valence-electron chi connectivity index (χ2n) is 3.87. The number of hydrogen-bond donors (Lipinski definition) is 5. The van der Waals surface area contributed by atoms with E-state index < -0.39 is 35.8 Å². The number of carboxylic acid groups (broad SMARTS) is 1. The molecule has 1 fully saturated rings. The van der Waals surface area contributed by atoms with Crippen LogP contribution in [0.25, 0.3) is 0 Å². The second-order valence-corrected chi connectivity index (χ2v) is 3.87. The third-order valence-electron chi connectivity index (χ3n) is 2.05. The Hall–Kier alpha value is -2.16. The molecule has 0 aliphatic carbocycles. The molecule has 0 radical (unpaired) electrons. The van der Waals surface area contributed by atoms with Crippen molar-refractivity contribution < 1.29 is 24.3 Å². The Morgan fingerprint density at radius 2 is 1.63 bits per heavy atom. The van der Waals surface area contributed by atoms with Gasteiger partial charge in [-0.2, -0.15) is 0 Å². The molecule has 0 aromatic heterocycles. The molecule has 0 aromatic carbocycles. The average Bonchev–Trinajstić information content (AvgIpc) is 2.33. The molecule has 108 valence electrons. The zero-order valence-electron chi connectivity index (χ0n) is 10.7. The summed E-state index contributed by atoms with van der Waals surface area (Å²) in [6.45, 7) is 3.96. The quantitative estimate of drug-likeness (QED) is 0.350. The maximum Gasteiger partial charge on any atom is 0.325 e. The van der Waals surface area contributed by atoms with Crippen LogP contribution in [0.1, 0.15) is 13.8 Å². The highest BCUT2D eigenvalue weighted by atomic mass is 16.4. The van der Waals surface area contributed by atoms with Gasteiger partial charge in [-0.3, -0.25) is 19.2 Å². The predicted molar refractivity (Wildman–Crippen MR) is 64.9 cm³/mol. The fourth-order valence-electron chi connectivity index (χ4n) is 0.919. The van der Waals surface area contributed by atoms with Gasteiger partial charge in [0.05, 0.1) is 6.04 Å². The minimum Gasteiger partial charge on any atom is -0.480 e. The van der Waals surface area contributed by atoms with Gasteiger partial charge in [0, 0.05) is 13.1 Å². The van der Waals surface area contributed by atoms with E-state index in [-0.39, 0.29) is 0 Å². The smallest absolute Gasteiger partial charge is 0.325 e. The Morgan fingerprint density at radius 1 is 1.21 bits per heavy atom. The van der Waals surface area contributed by atoms with Gasteiger partial charge in [0.15, 0.2) is 0 Å². The molecule has 1 aliphatic rings. The molecule has 0 unspecified atom stereocenters. The summed E-state index contributed by atoms with van der Waals surface area (Å²) >= 11 is 0. The van der Waals surface area contributed by atoms with E-state index in [2.05, 4.69) is 16.0 Å². The number of carboxylic acids is 1. The van der Waals surface area contributed by atoms with Gasteiger partial charge in [-0.1, -0.05) is 0 Å². The van der Waals surface area contributed by atoms with Crippen molar-refractivity contribution in [1.82, 2.24) is 16.0 Å². The van der Waals surface area contributed by atoms with Crippen molar-refractivity contribution in [3.63, 3.8) is 0 Å². The van der Waals surface area contributed by atoms with Crippen molar-refractivity contribution in [2.24, 2.45) is 5.73 Å². The highest BCUT2D eigenvalue weighted by Crippen LogP contribution is 1.83. The lowest BCUT2D eigenvalue weighted by Crippen LogP contribution is -2.49. The number of aliphatic carboxylic acids is 1. The van der Waals surface area contributed by atoms with E-state index in [0.717, 1.165) is 0 Å². The first kappa shape index (κ1) is 16.8. The van der Waals surface area contributed by atoms with E-state index >= 15 is 0 Å². The maximum absolute atomic E-state index is 10.8. The zero-order valence-corrected chi connectivity index (χ0v) is 10.7. The molecule has 2 atom stereocenters. The van der Waals surface area contributed by atoms with E-state index in [9.17, 15) is 19.2 Å². The fraction of sp³-hybridized carbons (Fsp3) is 0.600. The molecule has 0 saturated carbocycles. The monoisotopic (exact) mass is 274 g/mol. The molecule has 1 aliphatic heterocycles.